The molecule has 56 heavy (non-hydrogen) atoms. The van der Waals surface area contributed by atoms with Crippen LogP contribution in [0.4, 0.5) is 34.1 Å². The first-order chi connectivity index (χ1) is 27.6. The number of hydrogen-bond donors (Lipinski definition) is 4. The van der Waals surface area contributed by atoms with Crippen LogP contribution in [0.3, 0.4) is 0 Å². The Kier molecular flexibility index (Phi) is 11.6. The van der Waals surface area contributed by atoms with E-state index in [0.29, 0.717) is 6.54 Å². The van der Waals surface area contributed by atoms with Gasteiger partial charge in [-0.3, -0.25) is 0 Å². The lowest BCUT2D eigenvalue weighted by atomic mass is 10.0. The molecule has 6 aromatic carbocycles. The van der Waals surface area contributed by atoms with Crippen molar-refractivity contribution >= 4 is 69.0 Å². The zero-order chi connectivity index (χ0) is 38.3. The quantitative estimate of drug-likeness (QED) is 0.0855. The van der Waals surface area contributed by atoms with Gasteiger partial charge in [0.15, 0.2) is 0 Å². The number of rotatable bonds is 9. The van der Waals surface area contributed by atoms with Gasteiger partial charge in [0.1, 0.15) is 0 Å². The Morgan fingerprint density at radius 2 is 0.929 bits per heavy atom. The van der Waals surface area contributed by atoms with E-state index < -0.39 is 0 Å². The molecular formula is C48H46N6S2. The Bertz CT molecular complexity index is 2280. The minimum absolute atomic E-state index is 0.0503. The summed E-state index contributed by atoms with van der Waals surface area (Å²) in [7, 11) is 1.89. The second-order valence-electron chi connectivity index (χ2n) is 13.7. The van der Waals surface area contributed by atoms with E-state index >= 15 is 0 Å². The summed E-state index contributed by atoms with van der Waals surface area (Å²) in [6.45, 7) is 2.61. The predicted octanol–water partition coefficient (Wildman–Crippen LogP) is 11.9. The molecule has 9 rings (SSSR count). The van der Waals surface area contributed by atoms with E-state index in [9.17, 15) is 0 Å². The minimum atomic E-state index is 0.0503. The summed E-state index contributed by atoms with van der Waals surface area (Å²) in [6, 6.07) is 52.0. The number of hydrogen-bond acceptors (Lipinski definition) is 8. The summed E-state index contributed by atoms with van der Waals surface area (Å²) in [5.74, 6) is 0. The summed E-state index contributed by atoms with van der Waals surface area (Å²) in [6.07, 6.45) is 11.0. The van der Waals surface area contributed by atoms with Gasteiger partial charge in [-0.15, -0.1) is 0 Å². The number of nitrogens with two attached hydrogens (primary N) is 1. The van der Waals surface area contributed by atoms with Gasteiger partial charge in [-0.25, -0.2) is 5.43 Å². The largest absolute Gasteiger partial charge is 0.379 e. The molecule has 0 saturated heterocycles. The van der Waals surface area contributed by atoms with Gasteiger partial charge in [-0.2, -0.15) is 0 Å². The van der Waals surface area contributed by atoms with E-state index in [1.54, 1.807) is 0 Å². The molecule has 2 heterocycles. The highest BCUT2D eigenvalue weighted by molar-refractivity contribution is 8.00. The molecule has 3 aliphatic rings. The third-order valence-electron chi connectivity index (χ3n) is 9.82. The summed E-state index contributed by atoms with van der Waals surface area (Å²) < 4.78 is 0. The van der Waals surface area contributed by atoms with Gasteiger partial charge in [-0.05, 0) is 98.1 Å². The maximum Gasteiger partial charge on any atom is 0.0799 e. The van der Waals surface area contributed by atoms with Crippen molar-refractivity contribution in [1.82, 2.24) is 16.2 Å². The minimum Gasteiger partial charge on any atom is -0.379 e. The van der Waals surface area contributed by atoms with Crippen molar-refractivity contribution in [3.05, 3.63) is 181 Å². The fraction of sp³-hybridized carbons (Fsp3) is 0.125. The molecular weight excluding hydrogens is 725 g/mol. The van der Waals surface area contributed by atoms with Gasteiger partial charge in [0.25, 0.3) is 0 Å². The Labute approximate surface area is 339 Å². The topological polar surface area (TPSA) is 68.6 Å². The van der Waals surface area contributed by atoms with Gasteiger partial charge >= 0.3 is 0 Å². The maximum atomic E-state index is 6.17. The van der Waals surface area contributed by atoms with E-state index in [1.165, 1.54) is 55.2 Å². The summed E-state index contributed by atoms with van der Waals surface area (Å²) in [5.41, 5.74) is 23.8. The van der Waals surface area contributed by atoms with Crippen LogP contribution in [-0.2, 0) is 0 Å². The van der Waals surface area contributed by atoms with Crippen molar-refractivity contribution in [3.8, 4) is 0 Å². The summed E-state index contributed by atoms with van der Waals surface area (Å²) >= 11 is 3.64. The molecule has 6 nitrogen and oxygen atoms in total. The van der Waals surface area contributed by atoms with Crippen molar-refractivity contribution in [2.75, 3.05) is 23.4 Å². The SMILES string of the molecule is C1=CCCC=C1.CNN/C(=C(\NC(C)CN)c1ccc(N2c3ccccc3Sc3ccccc32)cc1)c1ccc(N2c3ccccc3Sc3ccccc32)cc1. The molecule has 5 N–H and O–H groups in total. The molecule has 0 bridgehead atoms. The van der Waals surface area contributed by atoms with Crippen LogP contribution in [0, 0.1) is 0 Å². The van der Waals surface area contributed by atoms with Crippen LogP contribution < -0.4 is 31.7 Å². The smallest absolute Gasteiger partial charge is 0.0799 e. The van der Waals surface area contributed by atoms with Crippen LogP contribution in [0.25, 0.3) is 11.4 Å². The molecule has 0 aromatic heterocycles. The molecule has 8 heteroatoms. The normalized spacial score (nSPS) is 14.6. The third kappa shape index (κ3) is 7.88. The predicted molar refractivity (Wildman–Crippen MR) is 239 cm³/mol. The lowest BCUT2D eigenvalue weighted by molar-refractivity contribution is 0.657. The van der Waals surface area contributed by atoms with E-state index in [0.717, 1.165) is 33.9 Å². The fourth-order valence-corrected chi connectivity index (χ4v) is 9.19. The van der Waals surface area contributed by atoms with Gasteiger partial charge in [-0.1, -0.05) is 121 Å². The van der Waals surface area contributed by atoms with Gasteiger partial charge in [0, 0.05) is 56.2 Å². The molecule has 0 fully saturated rings. The Balaban J connectivity index is 0.000000673. The van der Waals surface area contributed by atoms with Crippen LogP contribution in [-0.4, -0.2) is 19.6 Å². The lowest BCUT2D eigenvalue weighted by Gasteiger charge is -2.33. The first-order valence-electron chi connectivity index (χ1n) is 19.1. The number of fused-ring (bicyclic) bond motifs is 4. The van der Waals surface area contributed by atoms with Crippen LogP contribution in [0.1, 0.15) is 30.9 Å². The fourth-order valence-electron chi connectivity index (χ4n) is 7.07. The lowest BCUT2D eigenvalue weighted by Crippen LogP contribution is -2.35. The van der Waals surface area contributed by atoms with Crippen LogP contribution in [0.15, 0.2) is 189 Å². The zero-order valence-electron chi connectivity index (χ0n) is 31.7. The Morgan fingerprint density at radius 3 is 1.27 bits per heavy atom. The van der Waals surface area contributed by atoms with Crippen molar-refractivity contribution in [3.63, 3.8) is 0 Å². The molecule has 0 saturated carbocycles. The number of benzene rings is 6. The molecule has 2 aliphatic heterocycles. The van der Waals surface area contributed by atoms with Crippen LogP contribution in [0.2, 0.25) is 0 Å². The first kappa shape index (κ1) is 37.3. The second-order valence-corrected chi connectivity index (χ2v) is 15.8. The van der Waals surface area contributed by atoms with Crippen molar-refractivity contribution in [2.45, 2.75) is 45.4 Å². The molecule has 0 spiro atoms. The van der Waals surface area contributed by atoms with Gasteiger partial charge in [0.05, 0.1) is 34.1 Å². The first-order valence-corrected chi connectivity index (χ1v) is 20.7. The Hall–Kier alpha value is -5.64. The van der Waals surface area contributed by atoms with Crippen LogP contribution >= 0.6 is 23.5 Å². The Morgan fingerprint density at radius 1 is 0.554 bits per heavy atom. The van der Waals surface area contributed by atoms with E-state index in [4.69, 9.17) is 5.73 Å². The number of para-hydroxylation sites is 4. The average molecular weight is 771 g/mol. The highest BCUT2D eigenvalue weighted by Crippen LogP contribution is 2.52. The molecule has 1 atom stereocenters. The number of nitrogens with one attached hydrogen (secondary N) is 3. The average Bonchev–Trinajstić information content (AvgIpc) is 3.27. The van der Waals surface area contributed by atoms with Crippen molar-refractivity contribution in [2.24, 2.45) is 5.73 Å². The van der Waals surface area contributed by atoms with Crippen molar-refractivity contribution < 1.29 is 0 Å². The highest BCUT2D eigenvalue weighted by atomic mass is 32.2. The molecule has 0 radical (unpaired) electrons. The second kappa shape index (κ2) is 17.4. The van der Waals surface area contributed by atoms with E-state index in [-0.39, 0.29) is 6.04 Å². The monoisotopic (exact) mass is 770 g/mol. The van der Waals surface area contributed by atoms with Crippen molar-refractivity contribution in [1.29, 1.82) is 0 Å². The number of nitrogens with zero attached hydrogens (tertiary/aromatic N) is 2. The molecule has 6 aromatic rings. The summed E-state index contributed by atoms with van der Waals surface area (Å²) in [5, 5.41) is 3.72. The number of allylic oxidation sites excluding steroid dienone is 4. The third-order valence-corrected chi connectivity index (χ3v) is 12.1. The molecule has 0 amide bonds. The van der Waals surface area contributed by atoms with E-state index in [2.05, 4.69) is 203 Å². The maximum absolute atomic E-state index is 6.17. The number of hydrazine groups is 1. The van der Waals surface area contributed by atoms with Gasteiger partial charge < -0.3 is 26.3 Å². The van der Waals surface area contributed by atoms with E-state index in [1.807, 2.05) is 30.6 Å². The summed E-state index contributed by atoms with van der Waals surface area (Å²) in [4.78, 5) is 9.68. The number of anilines is 6. The van der Waals surface area contributed by atoms with Crippen LogP contribution in [0.5, 0.6) is 0 Å². The molecule has 1 unspecified atom stereocenters. The molecule has 280 valence electrons. The standard InChI is InChI=1S/C42H38N6S2.C6H8/c1-28(27-43)45-41(29-19-23-31(24-20-29)47-33-11-3-7-15-37(33)49-38-16-8-4-12-34(38)47)42(46-44-2)30-21-25-32(26-22-30)48-35-13-5-9-17-39(35)50-40-18-10-6-14-36(40)48;1-2-4-6-5-3-1/h3-26,28,44-46H,27,43H2,1-2H3;1-4H,5-6H2/b42-41-;. The van der Waals surface area contributed by atoms with Gasteiger partial charge in [0.2, 0.25) is 0 Å². The molecule has 1 aliphatic carbocycles. The zero-order valence-corrected chi connectivity index (χ0v) is 33.3. The highest BCUT2D eigenvalue weighted by Gasteiger charge is 2.26.